The van der Waals surface area contributed by atoms with Crippen LogP contribution in [0.2, 0.25) is 0 Å². The Morgan fingerprint density at radius 3 is 2.32 bits per heavy atom. The van der Waals surface area contributed by atoms with E-state index in [-0.39, 0.29) is 54.1 Å². The highest BCUT2D eigenvalue weighted by atomic mass is 16.3. The van der Waals surface area contributed by atoms with Crippen LogP contribution in [0.4, 0.5) is 5.69 Å². The molecule has 1 unspecified atom stereocenters. The van der Waals surface area contributed by atoms with Gasteiger partial charge in [-0.05, 0) is 66.3 Å². The number of hydrogen-bond donors (Lipinski definition) is 5. The summed E-state index contributed by atoms with van der Waals surface area (Å²) in [7, 11) is 0. The van der Waals surface area contributed by atoms with Crippen molar-refractivity contribution in [3.05, 3.63) is 65.2 Å². The van der Waals surface area contributed by atoms with Gasteiger partial charge >= 0.3 is 0 Å². The van der Waals surface area contributed by atoms with Crippen molar-refractivity contribution in [2.45, 2.75) is 122 Å². The standard InChI is InChI=1S/C41H56N6O6/c1-25(2)22-41(37-31-18-30(23-42)16-17-33(31)45-38(37)51,47(27(5)48)39(52)32(43)19-28-12-8-6-9-13-28)40(53)46-34(20-29-14-10-7-11-15-29)35(49)21-36(50)44-24-26(3)4/h6,8-9,12-13,16-18,25-26,29,32,34-35,37,49H,7,10-11,14-15,19-22,24,43H2,1-5H3,(H,44,50)(H,45,51)(H,46,53)/t32-,34-,35-,37?,41-/m0/s1. The monoisotopic (exact) mass is 728 g/mol. The number of fused-ring (bicyclic) bond motifs is 1. The predicted octanol–water partition coefficient (Wildman–Crippen LogP) is 4.30. The zero-order valence-electron chi connectivity index (χ0n) is 31.7. The minimum Gasteiger partial charge on any atom is -0.390 e. The molecule has 1 aliphatic carbocycles. The average Bonchev–Trinajstić information content (AvgIpc) is 3.45. The maximum absolute atomic E-state index is 15.4. The fraction of sp³-hybridized carbons (Fsp3) is 0.561. The highest BCUT2D eigenvalue weighted by Crippen LogP contribution is 2.47. The summed E-state index contributed by atoms with van der Waals surface area (Å²) < 4.78 is 0. The van der Waals surface area contributed by atoms with Gasteiger partial charge in [0.15, 0.2) is 0 Å². The van der Waals surface area contributed by atoms with E-state index in [1.165, 1.54) is 19.1 Å². The largest absolute Gasteiger partial charge is 0.390 e. The Morgan fingerprint density at radius 1 is 1.04 bits per heavy atom. The first-order valence-corrected chi connectivity index (χ1v) is 18.9. The van der Waals surface area contributed by atoms with E-state index in [2.05, 4.69) is 22.0 Å². The summed E-state index contributed by atoms with van der Waals surface area (Å²) in [5.74, 6) is -4.87. The molecule has 0 radical (unpaired) electrons. The number of benzene rings is 2. The summed E-state index contributed by atoms with van der Waals surface area (Å²) in [6.45, 7) is 9.15. The average molecular weight is 729 g/mol. The van der Waals surface area contributed by atoms with Gasteiger partial charge in [-0.2, -0.15) is 5.26 Å². The Labute approximate surface area is 313 Å². The van der Waals surface area contributed by atoms with Crippen molar-refractivity contribution in [3.8, 4) is 6.07 Å². The minimum absolute atomic E-state index is 0.0589. The van der Waals surface area contributed by atoms with Crippen molar-refractivity contribution in [3.63, 3.8) is 0 Å². The van der Waals surface area contributed by atoms with E-state index >= 15 is 4.79 Å². The van der Waals surface area contributed by atoms with Gasteiger partial charge in [-0.3, -0.25) is 28.9 Å². The molecule has 0 spiro atoms. The van der Waals surface area contributed by atoms with Crippen LogP contribution in [0.15, 0.2) is 48.5 Å². The minimum atomic E-state index is -2.18. The van der Waals surface area contributed by atoms with Gasteiger partial charge in [-0.15, -0.1) is 0 Å². The third kappa shape index (κ3) is 10.1. The molecule has 1 fully saturated rings. The van der Waals surface area contributed by atoms with Crippen molar-refractivity contribution in [2.75, 3.05) is 11.9 Å². The van der Waals surface area contributed by atoms with Gasteiger partial charge in [-0.25, -0.2) is 0 Å². The molecular weight excluding hydrogens is 672 g/mol. The summed E-state index contributed by atoms with van der Waals surface area (Å²) in [4.78, 5) is 72.1. The molecule has 1 saturated carbocycles. The maximum Gasteiger partial charge on any atom is 0.247 e. The SMILES string of the molecule is CC(=O)N(C(=O)[C@@H](N)Cc1ccccc1)[C@](CC(C)C)(C(=O)N[C@@H](CC1CCCCC1)[C@@H](O)CC(=O)NCC(C)C)C1C(=O)Nc2ccc(C#N)cc21. The Bertz CT molecular complexity index is 1670. The quantitative estimate of drug-likeness (QED) is 0.169. The van der Waals surface area contributed by atoms with E-state index in [1.54, 1.807) is 30.3 Å². The lowest BCUT2D eigenvalue weighted by molar-refractivity contribution is -0.163. The number of hydrogen-bond acceptors (Lipinski definition) is 8. The van der Waals surface area contributed by atoms with Crippen LogP contribution in [0.1, 0.15) is 109 Å². The molecule has 2 aromatic rings. The predicted molar refractivity (Wildman–Crippen MR) is 202 cm³/mol. The lowest BCUT2D eigenvalue weighted by Crippen LogP contribution is -2.70. The third-order valence-electron chi connectivity index (χ3n) is 10.3. The molecule has 1 aliphatic heterocycles. The number of nitriles is 1. The fourth-order valence-corrected chi connectivity index (χ4v) is 7.95. The normalized spacial score (nSPS) is 18.6. The number of nitrogens with one attached hydrogen (secondary N) is 3. The fourth-order valence-electron chi connectivity index (χ4n) is 7.95. The van der Waals surface area contributed by atoms with Gasteiger partial charge in [0.1, 0.15) is 5.54 Å². The number of rotatable bonds is 16. The second kappa shape index (κ2) is 18.4. The van der Waals surface area contributed by atoms with E-state index in [1.807, 2.05) is 33.8 Å². The zero-order valence-corrected chi connectivity index (χ0v) is 31.7. The molecule has 5 amide bonds. The van der Waals surface area contributed by atoms with Crippen molar-refractivity contribution < 1.29 is 29.1 Å². The lowest BCUT2D eigenvalue weighted by atomic mass is 9.71. The van der Waals surface area contributed by atoms with E-state index in [0.717, 1.165) is 42.6 Å². The first-order chi connectivity index (χ1) is 25.2. The zero-order chi connectivity index (χ0) is 38.9. The van der Waals surface area contributed by atoms with E-state index in [9.17, 15) is 29.5 Å². The van der Waals surface area contributed by atoms with Crippen LogP contribution in [-0.2, 0) is 30.4 Å². The van der Waals surface area contributed by atoms with Crippen LogP contribution in [0, 0.1) is 29.1 Å². The van der Waals surface area contributed by atoms with Crippen LogP contribution in [-0.4, -0.2) is 69.8 Å². The van der Waals surface area contributed by atoms with Crippen LogP contribution in [0.5, 0.6) is 0 Å². The number of nitrogens with two attached hydrogens (primary N) is 1. The topological polar surface area (TPSA) is 195 Å². The van der Waals surface area contributed by atoms with Gasteiger partial charge in [0, 0.05) is 19.2 Å². The van der Waals surface area contributed by atoms with Gasteiger partial charge in [0.2, 0.25) is 29.5 Å². The molecule has 2 aliphatic rings. The molecule has 0 saturated heterocycles. The molecule has 5 atom stereocenters. The number of carbonyl (C=O) groups excluding carboxylic acids is 5. The molecule has 0 aromatic heterocycles. The molecule has 6 N–H and O–H groups in total. The number of amides is 5. The van der Waals surface area contributed by atoms with Crippen molar-refractivity contribution in [1.82, 2.24) is 15.5 Å². The molecule has 12 heteroatoms. The van der Waals surface area contributed by atoms with E-state index in [0.29, 0.717) is 18.7 Å². The van der Waals surface area contributed by atoms with Gasteiger partial charge in [0.25, 0.3) is 0 Å². The molecule has 12 nitrogen and oxygen atoms in total. The van der Waals surface area contributed by atoms with Crippen LogP contribution < -0.4 is 21.7 Å². The van der Waals surface area contributed by atoms with Crippen LogP contribution in [0.3, 0.4) is 0 Å². The Morgan fingerprint density at radius 2 is 1.72 bits per heavy atom. The summed E-state index contributed by atoms with van der Waals surface area (Å²) in [6.07, 6.45) is 3.55. The number of carbonyl (C=O) groups is 5. The first-order valence-electron chi connectivity index (χ1n) is 18.9. The Balaban J connectivity index is 1.88. The molecule has 1 heterocycles. The molecular formula is C41H56N6O6. The third-order valence-corrected chi connectivity index (χ3v) is 10.3. The maximum atomic E-state index is 15.4. The summed E-state index contributed by atoms with van der Waals surface area (Å²) in [5, 5.41) is 30.1. The highest BCUT2D eigenvalue weighted by Gasteiger charge is 2.60. The number of aliphatic hydroxyl groups excluding tert-OH is 1. The number of aliphatic hydroxyl groups is 1. The summed E-state index contributed by atoms with van der Waals surface area (Å²) in [6, 6.07) is 13.5. The van der Waals surface area contributed by atoms with E-state index < -0.39 is 53.3 Å². The summed E-state index contributed by atoms with van der Waals surface area (Å²) in [5.41, 5.74) is 5.99. The van der Waals surface area contributed by atoms with Gasteiger partial charge in [-0.1, -0.05) is 90.1 Å². The summed E-state index contributed by atoms with van der Waals surface area (Å²) >= 11 is 0. The highest BCUT2D eigenvalue weighted by molar-refractivity contribution is 6.12. The second-order valence-electron chi connectivity index (χ2n) is 15.6. The van der Waals surface area contributed by atoms with E-state index in [4.69, 9.17) is 5.73 Å². The second-order valence-corrected chi connectivity index (χ2v) is 15.6. The van der Waals surface area contributed by atoms with Crippen molar-refractivity contribution in [1.29, 1.82) is 5.26 Å². The Hall–Kier alpha value is -4.60. The first kappa shape index (κ1) is 41.2. The van der Waals surface area contributed by atoms with Gasteiger partial charge in [0.05, 0.1) is 42.2 Å². The van der Waals surface area contributed by atoms with Crippen LogP contribution >= 0.6 is 0 Å². The Kier molecular flexibility index (Phi) is 14.3. The van der Waals surface area contributed by atoms with Gasteiger partial charge < -0.3 is 26.8 Å². The van der Waals surface area contributed by atoms with Crippen LogP contribution in [0.25, 0.3) is 0 Å². The number of imide groups is 1. The molecule has 2 aromatic carbocycles. The van der Waals surface area contributed by atoms with Crippen molar-refractivity contribution in [2.24, 2.45) is 23.5 Å². The number of nitrogens with zero attached hydrogens (tertiary/aromatic N) is 2. The number of anilines is 1. The molecule has 286 valence electrons. The van der Waals surface area contributed by atoms with Crippen molar-refractivity contribution >= 4 is 35.2 Å². The molecule has 4 rings (SSSR count). The smallest absolute Gasteiger partial charge is 0.247 e. The molecule has 0 bridgehead atoms. The lowest BCUT2D eigenvalue weighted by Gasteiger charge is -2.46. The molecule has 53 heavy (non-hydrogen) atoms.